The van der Waals surface area contributed by atoms with E-state index >= 15 is 0 Å². The van der Waals surface area contributed by atoms with Gasteiger partial charge in [-0.05, 0) is 31.9 Å². The van der Waals surface area contributed by atoms with Crippen molar-refractivity contribution in [2.45, 2.75) is 58.0 Å². The van der Waals surface area contributed by atoms with Crippen LogP contribution in [0.1, 0.15) is 38.3 Å². The Kier molecular flexibility index (Phi) is 7.88. The topological polar surface area (TPSA) is 139 Å². The zero-order valence-corrected chi connectivity index (χ0v) is 20.7. The molecule has 2 unspecified atom stereocenters. The number of hydrogen-bond acceptors (Lipinski definition) is 8. The van der Waals surface area contributed by atoms with Gasteiger partial charge in [0.15, 0.2) is 0 Å². The van der Waals surface area contributed by atoms with Gasteiger partial charge in [-0.2, -0.15) is 0 Å². The minimum absolute atomic E-state index is 0.125. The molecule has 0 aromatic heterocycles. The molecule has 3 rings (SSSR count). The molecule has 2 heterocycles. The van der Waals surface area contributed by atoms with Crippen molar-refractivity contribution in [2.24, 2.45) is 0 Å². The first-order chi connectivity index (χ1) is 16.5. The third kappa shape index (κ3) is 7.36. The summed E-state index contributed by atoms with van der Waals surface area (Å²) in [7, 11) is 3.21. The molecule has 3 N–H and O–H groups in total. The largest absolute Gasteiger partial charge is 0.469 e. The number of ether oxygens (including phenoxy) is 2. The minimum atomic E-state index is -1.02. The maximum absolute atomic E-state index is 13.3. The first-order valence-electron chi connectivity index (χ1n) is 11.4. The van der Waals surface area contributed by atoms with Crippen molar-refractivity contribution >= 4 is 23.9 Å². The van der Waals surface area contributed by atoms with Crippen LogP contribution in [-0.2, 0) is 36.9 Å². The van der Waals surface area contributed by atoms with Gasteiger partial charge < -0.3 is 35.2 Å². The number of rotatable bonds is 9. The molecule has 0 radical (unpaired) electrons. The van der Waals surface area contributed by atoms with Crippen molar-refractivity contribution in [2.75, 3.05) is 20.7 Å². The van der Waals surface area contributed by atoms with Gasteiger partial charge in [-0.1, -0.05) is 24.3 Å². The van der Waals surface area contributed by atoms with Crippen molar-refractivity contribution < 1.29 is 28.7 Å². The number of amides is 3. The van der Waals surface area contributed by atoms with E-state index in [1.807, 2.05) is 37.5 Å². The average Bonchev–Trinajstić information content (AvgIpc) is 3.63. The smallest absolute Gasteiger partial charge is 0.407 e. The van der Waals surface area contributed by atoms with Crippen LogP contribution in [0.15, 0.2) is 36.3 Å². The van der Waals surface area contributed by atoms with E-state index in [1.54, 1.807) is 20.8 Å². The normalized spacial score (nSPS) is 19.2. The highest BCUT2D eigenvalue weighted by Gasteiger charge is 2.42. The molecule has 0 bridgehead atoms. The van der Waals surface area contributed by atoms with Crippen LogP contribution >= 0.6 is 0 Å². The van der Waals surface area contributed by atoms with Gasteiger partial charge in [0.1, 0.15) is 23.5 Å². The maximum atomic E-state index is 13.3. The summed E-state index contributed by atoms with van der Waals surface area (Å²) in [5.74, 6) is -0.440. The second kappa shape index (κ2) is 10.7. The molecule has 3 amide bonds. The zero-order valence-electron chi connectivity index (χ0n) is 20.7. The van der Waals surface area contributed by atoms with Crippen LogP contribution in [0.2, 0.25) is 0 Å². The number of carbonyl (C=O) groups excluding carboxylic acids is 4. The van der Waals surface area contributed by atoms with E-state index in [0.29, 0.717) is 6.54 Å². The van der Waals surface area contributed by atoms with Crippen LogP contribution < -0.4 is 16.0 Å². The Morgan fingerprint density at radius 1 is 1.14 bits per heavy atom. The lowest BCUT2D eigenvalue weighted by atomic mass is 10.0. The number of methoxy groups -OCH3 is 1. The highest BCUT2D eigenvalue weighted by molar-refractivity contribution is 5.99. The molecule has 1 saturated heterocycles. The van der Waals surface area contributed by atoms with Gasteiger partial charge in [0.25, 0.3) is 0 Å². The molecule has 11 heteroatoms. The molecule has 2 atom stereocenters. The number of benzene rings is 1. The van der Waals surface area contributed by atoms with Crippen LogP contribution in [0.4, 0.5) is 4.79 Å². The van der Waals surface area contributed by atoms with Gasteiger partial charge in [-0.3, -0.25) is 14.4 Å². The first kappa shape index (κ1) is 25.9. The Morgan fingerprint density at radius 2 is 1.77 bits per heavy atom. The number of nitrogens with zero attached hydrogens (tertiary/aromatic N) is 2. The molecule has 35 heavy (non-hydrogen) atoms. The molecule has 11 nitrogen and oxygen atoms in total. The van der Waals surface area contributed by atoms with E-state index in [1.165, 1.54) is 12.0 Å². The summed E-state index contributed by atoms with van der Waals surface area (Å²) in [5, 5.41) is 8.17. The van der Waals surface area contributed by atoms with Crippen LogP contribution in [0.5, 0.6) is 0 Å². The van der Waals surface area contributed by atoms with E-state index < -0.39 is 41.6 Å². The Bertz CT molecular complexity index is 1000. The second-order valence-electron chi connectivity index (χ2n) is 9.55. The summed E-state index contributed by atoms with van der Waals surface area (Å²) in [6, 6.07) is 5.68. The van der Waals surface area contributed by atoms with E-state index in [0.717, 1.165) is 16.9 Å². The highest BCUT2D eigenvalue weighted by atomic mass is 16.6. The number of alkyl carbamates (subject to hydrolysis) is 1. The highest BCUT2D eigenvalue weighted by Crippen LogP contribution is 2.19. The van der Waals surface area contributed by atoms with E-state index in [2.05, 4.69) is 20.9 Å². The van der Waals surface area contributed by atoms with Crippen LogP contribution in [0, 0.1) is 0 Å². The van der Waals surface area contributed by atoms with Crippen molar-refractivity contribution in [3.63, 3.8) is 0 Å². The summed E-state index contributed by atoms with van der Waals surface area (Å²) in [4.78, 5) is 53.5. The molecule has 0 saturated carbocycles. The molecule has 0 aliphatic carbocycles. The Hall–Kier alpha value is -3.76. The van der Waals surface area contributed by atoms with Gasteiger partial charge in [0, 0.05) is 26.3 Å². The van der Waals surface area contributed by atoms with Crippen LogP contribution in [-0.4, -0.2) is 72.1 Å². The lowest BCUT2D eigenvalue weighted by Crippen LogP contribution is -2.65. The number of carbonyl (C=O) groups is 4. The quantitative estimate of drug-likeness (QED) is 0.435. The molecule has 2 aliphatic rings. The van der Waals surface area contributed by atoms with Gasteiger partial charge in [-0.15, -0.1) is 0 Å². The first-order valence-corrected chi connectivity index (χ1v) is 11.4. The number of esters is 1. The van der Waals surface area contributed by atoms with Crippen molar-refractivity contribution in [1.82, 2.24) is 25.8 Å². The SMILES string of the molecule is COC(=O)CC1C(=O)NC(CNC(=O)OC(C)(C)C)C(=O)N1Cc1ccc(CN(C)C2=CN2)cc1. The predicted octanol–water partition coefficient (Wildman–Crippen LogP) is 0.804. The lowest BCUT2D eigenvalue weighted by molar-refractivity contribution is -0.154. The molecular weight excluding hydrogens is 454 g/mol. The molecular formula is C24H33N5O6. The second-order valence-corrected chi connectivity index (χ2v) is 9.55. The third-order valence-electron chi connectivity index (χ3n) is 5.49. The molecule has 1 aromatic carbocycles. The third-order valence-corrected chi connectivity index (χ3v) is 5.49. The predicted molar refractivity (Wildman–Crippen MR) is 126 cm³/mol. The number of hydrogen-bond donors (Lipinski definition) is 3. The van der Waals surface area contributed by atoms with E-state index in [-0.39, 0.29) is 19.5 Å². The van der Waals surface area contributed by atoms with Gasteiger partial charge in [-0.25, -0.2) is 4.79 Å². The summed E-state index contributed by atoms with van der Waals surface area (Å²) < 4.78 is 9.92. The summed E-state index contributed by atoms with van der Waals surface area (Å²) in [5.41, 5.74) is 1.19. The molecule has 1 aromatic rings. The van der Waals surface area contributed by atoms with Gasteiger partial charge >= 0.3 is 12.1 Å². The molecule has 1 fully saturated rings. The zero-order chi connectivity index (χ0) is 25.8. The van der Waals surface area contributed by atoms with Crippen LogP contribution in [0.25, 0.3) is 0 Å². The maximum Gasteiger partial charge on any atom is 0.407 e. The monoisotopic (exact) mass is 487 g/mol. The lowest BCUT2D eigenvalue weighted by Gasteiger charge is -2.38. The van der Waals surface area contributed by atoms with Crippen LogP contribution in [0.3, 0.4) is 0 Å². The summed E-state index contributed by atoms with van der Waals surface area (Å²) in [6.45, 7) is 5.87. The van der Waals surface area contributed by atoms with Crippen molar-refractivity contribution in [1.29, 1.82) is 0 Å². The number of nitrogens with one attached hydrogen (secondary N) is 3. The molecule has 2 aliphatic heterocycles. The Labute approximate surface area is 204 Å². The average molecular weight is 488 g/mol. The summed E-state index contributed by atoms with van der Waals surface area (Å²) >= 11 is 0. The summed E-state index contributed by atoms with van der Waals surface area (Å²) in [6.07, 6.45) is 0.947. The minimum Gasteiger partial charge on any atom is -0.469 e. The Morgan fingerprint density at radius 3 is 2.34 bits per heavy atom. The fourth-order valence-corrected chi connectivity index (χ4v) is 3.65. The van der Waals surface area contributed by atoms with E-state index in [4.69, 9.17) is 9.47 Å². The fraction of sp³-hybridized carbons (Fsp3) is 0.500. The van der Waals surface area contributed by atoms with Crippen molar-refractivity contribution in [3.05, 3.63) is 47.4 Å². The van der Waals surface area contributed by atoms with Crippen molar-refractivity contribution in [3.8, 4) is 0 Å². The standard InChI is InChI=1S/C24H33N5O6/c1-24(2,3)35-23(33)26-11-17-22(32)29(18(21(31)27-17)10-20(30)34-5)14-16-8-6-15(7-9-16)13-28(4)19-12-25-19/h6-9,12,17-18,25H,10-11,13-14H2,1-5H3,(H,26,33)(H,27,31). The fourth-order valence-electron chi connectivity index (χ4n) is 3.65. The van der Waals surface area contributed by atoms with Gasteiger partial charge in [0.2, 0.25) is 11.8 Å². The van der Waals surface area contributed by atoms with Gasteiger partial charge in [0.05, 0.1) is 20.1 Å². The Balaban J connectivity index is 1.71. The molecule has 0 spiro atoms. The molecule has 190 valence electrons. The number of piperazine rings is 1. The van der Waals surface area contributed by atoms with E-state index in [9.17, 15) is 19.2 Å².